The number of sulfone groups is 1. The summed E-state index contributed by atoms with van der Waals surface area (Å²) in [6, 6.07) is 9.16. The molecule has 0 spiro atoms. The SMILES string of the molecule is CN1CCCC(c2nnc(-c3cc4c(cc3F)S(=O)(=O)C[C@H](N)CN4Cc3ccc(Cl)cc3)o2)C1. The lowest BCUT2D eigenvalue weighted by molar-refractivity contribution is 0.230. The molecule has 2 N–H and O–H groups in total. The Bertz CT molecular complexity index is 1330. The Kier molecular flexibility index (Phi) is 6.56. The number of anilines is 1. The number of nitrogens with zero attached hydrogens (tertiary/aromatic N) is 4. The van der Waals surface area contributed by atoms with Gasteiger partial charge in [-0.05, 0) is 56.3 Å². The molecule has 1 aromatic heterocycles. The standard InChI is InChI=1S/C24H27ClFN5O3S/c1-30-8-2-3-16(12-30)23-28-29-24(34-23)19-9-21-22(10-20(19)26)35(32,33)14-18(27)13-31(21)11-15-4-6-17(25)7-5-15/h4-7,9-10,16,18H,2-3,8,11-14,27H2,1H3/t16?,18-/m1/s1. The summed E-state index contributed by atoms with van der Waals surface area (Å²) in [5.41, 5.74) is 7.51. The van der Waals surface area contributed by atoms with E-state index in [1.807, 2.05) is 24.1 Å². The third kappa shape index (κ3) is 5.06. The highest BCUT2D eigenvalue weighted by Crippen LogP contribution is 2.37. The van der Waals surface area contributed by atoms with E-state index in [1.165, 1.54) is 6.07 Å². The Hall–Kier alpha value is -2.53. The van der Waals surface area contributed by atoms with Crippen molar-refractivity contribution in [3.8, 4) is 11.5 Å². The molecule has 0 saturated carbocycles. The lowest BCUT2D eigenvalue weighted by atomic mass is 9.99. The van der Waals surface area contributed by atoms with Gasteiger partial charge in [0, 0.05) is 30.7 Å². The number of likely N-dealkylation sites (tertiary alicyclic amines) is 1. The molecule has 2 aliphatic heterocycles. The van der Waals surface area contributed by atoms with Crippen LogP contribution in [0, 0.1) is 5.82 Å². The normalized spacial score (nSPS) is 22.6. The summed E-state index contributed by atoms with van der Waals surface area (Å²) in [6.07, 6.45) is 1.94. The highest BCUT2D eigenvalue weighted by Gasteiger charge is 2.33. The minimum absolute atomic E-state index is 0.0333. The molecule has 186 valence electrons. The highest BCUT2D eigenvalue weighted by atomic mass is 35.5. The summed E-state index contributed by atoms with van der Waals surface area (Å²) >= 11 is 6.01. The smallest absolute Gasteiger partial charge is 0.250 e. The van der Waals surface area contributed by atoms with Crippen LogP contribution in [-0.4, -0.2) is 62.0 Å². The van der Waals surface area contributed by atoms with Gasteiger partial charge >= 0.3 is 0 Å². The van der Waals surface area contributed by atoms with Crippen molar-refractivity contribution in [2.24, 2.45) is 5.73 Å². The number of likely N-dealkylation sites (N-methyl/N-ethyl adjacent to an activating group) is 1. The van der Waals surface area contributed by atoms with Gasteiger partial charge in [0.25, 0.3) is 5.89 Å². The first-order valence-corrected chi connectivity index (χ1v) is 13.6. The maximum Gasteiger partial charge on any atom is 0.250 e. The van der Waals surface area contributed by atoms with Crippen molar-refractivity contribution in [2.45, 2.75) is 36.2 Å². The molecule has 3 aromatic rings. The van der Waals surface area contributed by atoms with Crippen molar-refractivity contribution < 1.29 is 17.2 Å². The van der Waals surface area contributed by atoms with E-state index in [9.17, 15) is 8.42 Å². The highest BCUT2D eigenvalue weighted by molar-refractivity contribution is 7.91. The first-order chi connectivity index (χ1) is 16.7. The van der Waals surface area contributed by atoms with Crippen LogP contribution >= 0.6 is 11.6 Å². The van der Waals surface area contributed by atoms with Gasteiger partial charge in [-0.25, -0.2) is 12.8 Å². The van der Waals surface area contributed by atoms with Gasteiger partial charge in [0.2, 0.25) is 5.89 Å². The molecular weight excluding hydrogens is 493 g/mol. The van der Waals surface area contributed by atoms with Gasteiger partial charge < -0.3 is 20.0 Å². The monoisotopic (exact) mass is 519 g/mol. The molecule has 0 radical (unpaired) electrons. The van der Waals surface area contributed by atoms with Gasteiger partial charge in [-0.15, -0.1) is 10.2 Å². The lowest BCUT2D eigenvalue weighted by Crippen LogP contribution is -2.39. The number of fused-ring (bicyclic) bond motifs is 1. The van der Waals surface area contributed by atoms with Crippen LogP contribution in [0.15, 0.2) is 45.7 Å². The van der Waals surface area contributed by atoms with Crippen molar-refractivity contribution in [1.29, 1.82) is 0 Å². The average molecular weight is 520 g/mol. The molecular formula is C24H27ClFN5O3S. The molecule has 11 heteroatoms. The van der Waals surface area contributed by atoms with Crippen molar-refractivity contribution in [3.63, 3.8) is 0 Å². The van der Waals surface area contributed by atoms with E-state index < -0.39 is 21.7 Å². The predicted molar refractivity (Wildman–Crippen MR) is 132 cm³/mol. The van der Waals surface area contributed by atoms with E-state index >= 15 is 4.39 Å². The van der Waals surface area contributed by atoms with Crippen LogP contribution in [0.5, 0.6) is 0 Å². The molecule has 5 rings (SSSR count). The van der Waals surface area contributed by atoms with E-state index in [4.69, 9.17) is 21.8 Å². The average Bonchev–Trinajstić information content (AvgIpc) is 3.26. The summed E-state index contributed by atoms with van der Waals surface area (Å²) in [5.74, 6) is -0.418. The topological polar surface area (TPSA) is 106 Å². The Morgan fingerprint density at radius 3 is 2.71 bits per heavy atom. The fourth-order valence-corrected chi connectivity index (χ4v) is 6.61. The Morgan fingerprint density at radius 2 is 1.97 bits per heavy atom. The first-order valence-electron chi connectivity index (χ1n) is 11.5. The van der Waals surface area contributed by atoms with Crippen LogP contribution in [0.2, 0.25) is 5.02 Å². The zero-order valence-corrected chi connectivity index (χ0v) is 20.9. The van der Waals surface area contributed by atoms with Gasteiger partial charge in [0.15, 0.2) is 9.84 Å². The summed E-state index contributed by atoms with van der Waals surface area (Å²) < 4.78 is 47.3. The van der Waals surface area contributed by atoms with Gasteiger partial charge in [-0.3, -0.25) is 0 Å². The summed E-state index contributed by atoms with van der Waals surface area (Å²) in [4.78, 5) is 3.96. The number of rotatable bonds is 4. The number of piperidine rings is 1. The molecule has 2 aliphatic rings. The Balaban J connectivity index is 1.55. The molecule has 8 nitrogen and oxygen atoms in total. The van der Waals surface area contributed by atoms with E-state index in [2.05, 4.69) is 15.1 Å². The molecule has 2 atom stereocenters. The molecule has 1 unspecified atom stereocenters. The minimum Gasteiger partial charge on any atom is -0.420 e. The molecule has 2 aromatic carbocycles. The van der Waals surface area contributed by atoms with Gasteiger partial charge in [-0.2, -0.15) is 0 Å². The molecule has 35 heavy (non-hydrogen) atoms. The van der Waals surface area contributed by atoms with E-state index in [1.54, 1.807) is 12.1 Å². The first kappa shape index (κ1) is 24.2. The summed E-state index contributed by atoms with van der Waals surface area (Å²) in [7, 11) is -1.76. The minimum atomic E-state index is -3.80. The van der Waals surface area contributed by atoms with Crippen LogP contribution in [0.4, 0.5) is 10.1 Å². The molecule has 0 aliphatic carbocycles. The zero-order valence-electron chi connectivity index (χ0n) is 19.3. The second-order valence-electron chi connectivity index (χ2n) is 9.40. The fraction of sp³-hybridized carbons (Fsp3) is 0.417. The Morgan fingerprint density at radius 1 is 1.20 bits per heavy atom. The number of benzene rings is 2. The number of aromatic nitrogens is 2. The number of hydrogen-bond acceptors (Lipinski definition) is 8. The Labute approximate surface area is 208 Å². The molecule has 3 heterocycles. The third-order valence-corrected chi connectivity index (χ3v) is 8.66. The number of hydrogen-bond donors (Lipinski definition) is 1. The van der Waals surface area contributed by atoms with Crippen molar-refractivity contribution in [2.75, 3.05) is 37.3 Å². The van der Waals surface area contributed by atoms with Crippen LogP contribution in [-0.2, 0) is 16.4 Å². The third-order valence-electron chi connectivity index (χ3n) is 6.54. The van der Waals surface area contributed by atoms with Crippen LogP contribution in [0.1, 0.15) is 30.2 Å². The number of halogens is 2. The summed E-state index contributed by atoms with van der Waals surface area (Å²) in [6.45, 7) is 2.46. The molecule has 1 fully saturated rings. The molecule has 1 saturated heterocycles. The van der Waals surface area contributed by atoms with Gasteiger partial charge in [0.05, 0.1) is 27.8 Å². The summed E-state index contributed by atoms with van der Waals surface area (Å²) in [5, 5.41) is 8.89. The maximum absolute atomic E-state index is 15.3. The zero-order chi connectivity index (χ0) is 24.7. The van der Waals surface area contributed by atoms with Crippen LogP contribution in [0.25, 0.3) is 11.5 Å². The predicted octanol–water partition coefficient (Wildman–Crippen LogP) is 3.46. The lowest BCUT2D eigenvalue weighted by Gasteiger charge is -2.27. The quantitative estimate of drug-likeness (QED) is 0.558. The fourth-order valence-electron chi connectivity index (χ4n) is 4.85. The molecule has 0 bridgehead atoms. The van der Waals surface area contributed by atoms with Crippen molar-refractivity contribution in [1.82, 2.24) is 15.1 Å². The van der Waals surface area contributed by atoms with Crippen molar-refractivity contribution >= 4 is 27.1 Å². The second kappa shape index (κ2) is 9.50. The van der Waals surface area contributed by atoms with E-state index in [0.29, 0.717) is 23.1 Å². The molecule has 0 amide bonds. The largest absolute Gasteiger partial charge is 0.420 e. The van der Waals surface area contributed by atoms with E-state index in [0.717, 1.165) is 37.6 Å². The van der Waals surface area contributed by atoms with Crippen LogP contribution < -0.4 is 10.6 Å². The van der Waals surface area contributed by atoms with E-state index in [-0.39, 0.29) is 34.6 Å². The van der Waals surface area contributed by atoms with Gasteiger partial charge in [-0.1, -0.05) is 23.7 Å². The second-order valence-corrected chi connectivity index (χ2v) is 11.8. The van der Waals surface area contributed by atoms with Crippen LogP contribution in [0.3, 0.4) is 0 Å². The number of nitrogens with two attached hydrogens (primary N) is 1. The van der Waals surface area contributed by atoms with Gasteiger partial charge in [0.1, 0.15) is 5.82 Å². The van der Waals surface area contributed by atoms with Crippen molar-refractivity contribution in [3.05, 3.63) is 58.7 Å². The maximum atomic E-state index is 15.3.